The van der Waals surface area contributed by atoms with Crippen LogP contribution in [0.5, 0.6) is 0 Å². The van der Waals surface area contributed by atoms with Gasteiger partial charge in [0.15, 0.2) is 0 Å². The Labute approximate surface area is 118 Å². The Morgan fingerprint density at radius 2 is 2.10 bits per heavy atom. The van der Waals surface area contributed by atoms with Crippen molar-refractivity contribution >= 4 is 5.91 Å². The molecule has 20 heavy (non-hydrogen) atoms. The van der Waals surface area contributed by atoms with Gasteiger partial charge in [-0.1, -0.05) is 37.6 Å². The molecule has 0 bridgehead atoms. The third-order valence-corrected chi connectivity index (χ3v) is 2.68. The number of carbonyl (C=O) groups is 1. The number of aromatic nitrogens is 2. The summed E-state index contributed by atoms with van der Waals surface area (Å²) >= 11 is 0. The lowest BCUT2D eigenvalue weighted by Crippen LogP contribution is -2.10. The standard InChI is InChI=1S/C16H17N3O/c1-2-3-5-10-16(20)18-14-11-12-19(17-13-14)15-8-6-4-7-9-15/h4-13H,2-3H2,1H3. The fraction of sp³-hybridized carbons (Fsp3) is 0.188. The number of allylic oxidation sites excluding steroid dienone is 1. The Morgan fingerprint density at radius 1 is 1.30 bits per heavy atom. The van der Waals surface area contributed by atoms with Gasteiger partial charge in [0.1, 0.15) is 0 Å². The molecule has 0 aliphatic heterocycles. The van der Waals surface area contributed by atoms with Crippen LogP contribution >= 0.6 is 0 Å². The van der Waals surface area contributed by atoms with E-state index in [-0.39, 0.29) is 5.91 Å². The van der Waals surface area contributed by atoms with Crippen molar-refractivity contribution in [3.05, 3.63) is 66.3 Å². The molecule has 0 aliphatic rings. The Morgan fingerprint density at radius 3 is 2.75 bits per heavy atom. The molecule has 1 aromatic heterocycles. The van der Waals surface area contributed by atoms with Gasteiger partial charge in [-0.15, -0.1) is 0 Å². The molecule has 1 heterocycles. The average Bonchev–Trinajstić information content (AvgIpc) is 2.49. The van der Waals surface area contributed by atoms with Crippen LogP contribution < -0.4 is 5.36 Å². The van der Waals surface area contributed by atoms with E-state index in [0.29, 0.717) is 5.36 Å². The van der Waals surface area contributed by atoms with E-state index in [1.165, 1.54) is 6.08 Å². The monoisotopic (exact) mass is 267 g/mol. The molecule has 1 aromatic carbocycles. The van der Waals surface area contributed by atoms with Gasteiger partial charge in [0.25, 0.3) is 5.91 Å². The van der Waals surface area contributed by atoms with Crippen molar-refractivity contribution in [1.29, 1.82) is 0 Å². The highest BCUT2D eigenvalue weighted by Gasteiger charge is 1.94. The van der Waals surface area contributed by atoms with Gasteiger partial charge in [0.05, 0.1) is 17.2 Å². The van der Waals surface area contributed by atoms with Gasteiger partial charge in [0, 0.05) is 12.3 Å². The molecule has 0 radical (unpaired) electrons. The number of hydrogen-bond acceptors (Lipinski definition) is 2. The molecule has 0 N–H and O–H groups in total. The summed E-state index contributed by atoms with van der Waals surface area (Å²) in [4.78, 5) is 15.5. The van der Waals surface area contributed by atoms with Crippen LogP contribution in [0.1, 0.15) is 19.8 Å². The Bertz CT molecular complexity index is 636. The van der Waals surface area contributed by atoms with E-state index in [9.17, 15) is 4.79 Å². The predicted molar refractivity (Wildman–Crippen MR) is 78.2 cm³/mol. The number of benzene rings is 1. The fourth-order valence-corrected chi connectivity index (χ4v) is 1.66. The van der Waals surface area contributed by atoms with E-state index in [1.807, 2.05) is 36.4 Å². The summed E-state index contributed by atoms with van der Waals surface area (Å²) < 4.78 is 1.73. The maximum atomic E-state index is 11.6. The molecule has 0 spiro atoms. The quantitative estimate of drug-likeness (QED) is 0.799. The van der Waals surface area contributed by atoms with E-state index < -0.39 is 0 Å². The molecule has 0 saturated carbocycles. The Kier molecular flexibility index (Phi) is 5.00. The van der Waals surface area contributed by atoms with E-state index in [2.05, 4.69) is 17.0 Å². The van der Waals surface area contributed by atoms with Gasteiger partial charge in [0.2, 0.25) is 0 Å². The molecule has 4 nitrogen and oxygen atoms in total. The van der Waals surface area contributed by atoms with Gasteiger partial charge < -0.3 is 0 Å². The fourth-order valence-electron chi connectivity index (χ4n) is 1.66. The van der Waals surface area contributed by atoms with E-state index in [1.54, 1.807) is 23.1 Å². The van der Waals surface area contributed by atoms with Crippen LogP contribution in [0.15, 0.2) is 65.9 Å². The maximum absolute atomic E-state index is 11.6. The number of unbranched alkanes of at least 4 members (excludes halogenated alkanes) is 1. The van der Waals surface area contributed by atoms with Crippen molar-refractivity contribution in [3.8, 4) is 5.69 Å². The summed E-state index contributed by atoms with van der Waals surface area (Å²) in [5.74, 6) is -0.252. The highest BCUT2D eigenvalue weighted by Crippen LogP contribution is 2.02. The van der Waals surface area contributed by atoms with Crippen LogP contribution in [0.2, 0.25) is 0 Å². The third kappa shape index (κ3) is 4.02. The topological polar surface area (TPSA) is 47.2 Å². The smallest absolute Gasteiger partial charge is 0.267 e. The first-order valence-corrected chi connectivity index (χ1v) is 6.65. The molecule has 2 rings (SSSR count). The molecule has 0 fully saturated rings. The largest absolute Gasteiger partial charge is 0.269 e. The summed E-state index contributed by atoms with van der Waals surface area (Å²) in [6.07, 6.45) is 8.62. The Hall–Kier alpha value is -2.49. The molecule has 4 heteroatoms. The average molecular weight is 267 g/mol. The normalized spacial score (nSPS) is 11.9. The van der Waals surface area contributed by atoms with Crippen molar-refractivity contribution in [2.45, 2.75) is 19.8 Å². The maximum Gasteiger partial charge on any atom is 0.269 e. The number of nitrogens with zero attached hydrogens (tertiary/aromatic N) is 3. The number of carbonyl (C=O) groups excluding carboxylic acids is 1. The molecule has 0 aliphatic carbocycles. The number of amides is 1. The molecule has 0 unspecified atom stereocenters. The minimum absolute atomic E-state index is 0.252. The zero-order valence-electron chi connectivity index (χ0n) is 11.4. The summed E-state index contributed by atoms with van der Waals surface area (Å²) in [5, 5.41) is 4.80. The van der Waals surface area contributed by atoms with Gasteiger partial charge in [-0.3, -0.25) is 4.79 Å². The lowest BCUT2D eigenvalue weighted by atomic mass is 10.3. The summed E-state index contributed by atoms with van der Waals surface area (Å²) in [7, 11) is 0. The second-order valence-electron chi connectivity index (χ2n) is 4.31. The second-order valence-corrected chi connectivity index (χ2v) is 4.31. The zero-order valence-corrected chi connectivity index (χ0v) is 11.4. The van der Waals surface area contributed by atoms with E-state index in [4.69, 9.17) is 0 Å². The van der Waals surface area contributed by atoms with Crippen LogP contribution in [-0.4, -0.2) is 15.7 Å². The molecule has 0 saturated heterocycles. The molecular formula is C16H17N3O. The van der Waals surface area contributed by atoms with Crippen LogP contribution in [0, 0.1) is 0 Å². The van der Waals surface area contributed by atoms with Gasteiger partial charge >= 0.3 is 0 Å². The molecule has 102 valence electrons. The lowest BCUT2D eigenvalue weighted by Gasteiger charge is -2.02. The Balaban J connectivity index is 2.14. The minimum Gasteiger partial charge on any atom is -0.267 e. The lowest BCUT2D eigenvalue weighted by molar-refractivity contribution is -0.113. The minimum atomic E-state index is -0.252. The van der Waals surface area contributed by atoms with Crippen molar-refractivity contribution in [2.75, 3.05) is 0 Å². The zero-order chi connectivity index (χ0) is 14.2. The molecular weight excluding hydrogens is 250 g/mol. The predicted octanol–water partition coefficient (Wildman–Crippen LogP) is 2.66. The highest BCUT2D eigenvalue weighted by atomic mass is 16.1. The van der Waals surface area contributed by atoms with Crippen LogP contribution in [0.25, 0.3) is 5.69 Å². The first-order chi connectivity index (χ1) is 9.79. The first kappa shape index (κ1) is 13.9. The van der Waals surface area contributed by atoms with E-state index >= 15 is 0 Å². The number of rotatable bonds is 4. The highest BCUT2D eigenvalue weighted by molar-refractivity contribution is 5.88. The van der Waals surface area contributed by atoms with Crippen molar-refractivity contribution in [3.63, 3.8) is 0 Å². The molecule has 2 aromatic rings. The number of hydrogen-bond donors (Lipinski definition) is 0. The van der Waals surface area contributed by atoms with Crippen molar-refractivity contribution < 1.29 is 4.79 Å². The first-order valence-electron chi connectivity index (χ1n) is 6.65. The van der Waals surface area contributed by atoms with E-state index in [0.717, 1.165) is 18.5 Å². The van der Waals surface area contributed by atoms with Crippen molar-refractivity contribution in [1.82, 2.24) is 9.78 Å². The SMILES string of the molecule is CCCC=CC(=O)N=c1ccn(-c2ccccc2)nc1. The van der Waals surface area contributed by atoms with Gasteiger partial charge in [-0.2, -0.15) is 5.10 Å². The van der Waals surface area contributed by atoms with Crippen molar-refractivity contribution in [2.24, 2.45) is 4.99 Å². The van der Waals surface area contributed by atoms with Gasteiger partial charge in [-0.05, 0) is 24.6 Å². The van der Waals surface area contributed by atoms with Crippen LogP contribution in [-0.2, 0) is 4.79 Å². The van der Waals surface area contributed by atoms with Crippen LogP contribution in [0.3, 0.4) is 0 Å². The summed E-state index contributed by atoms with van der Waals surface area (Å²) in [5.41, 5.74) is 0.966. The van der Waals surface area contributed by atoms with Gasteiger partial charge in [-0.25, -0.2) is 9.67 Å². The summed E-state index contributed by atoms with van der Waals surface area (Å²) in [6, 6.07) is 11.5. The molecule has 1 amide bonds. The number of para-hydroxylation sites is 1. The molecule has 0 atom stereocenters. The summed E-state index contributed by atoms with van der Waals surface area (Å²) in [6.45, 7) is 2.06. The second kappa shape index (κ2) is 7.19. The third-order valence-electron chi connectivity index (χ3n) is 2.68. The van der Waals surface area contributed by atoms with Crippen LogP contribution in [0.4, 0.5) is 0 Å².